The van der Waals surface area contributed by atoms with Gasteiger partial charge in [0.2, 0.25) is 11.8 Å². The van der Waals surface area contributed by atoms with E-state index in [0.29, 0.717) is 11.3 Å². The van der Waals surface area contributed by atoms with Crippen LogP contribution < -0.4 is 11.1 Å². The average Bonchev–Trinajstić information content (AvgIpc) is 3.00. The largest absolute Gasteiger partial charge is 0.459 e. The normalized spacial score (nSPS) is 19.7. The number of nitrogens with one attached hydrogen (secondary N) is 1. The predicted octanol–water partition coefficient (Wildman–Crippen LogP) is 3.11. The highest BCUT2D eigenvalue weighted by Gasteiger charge is 2.60. The lowest BCUT2D eigenvalue weighted by Crippen LogP contribution is -2.48. The fourth-order valence-corrected chi connectivity index (χ4v) is 4.40. The zero-order chi connectivity index (χ0) is 23.0. The average molecular weight is 432 g/mol. The number of amides is 1. The van der Waals surface area contributed by atoms with Gasteiger partial charge in [0, 0.05) is 17.7 Å². The summed E-state index contributed by atoms with van der Waals surface area (Å²) in [5, 5.41) is 2.81. The summed E-state index contributed by atoms with van der Waals surface area (Å²) in [6.45, 7) is 4.74. The number of Topliss-reactive ketones (excluding diaryl/α,β-unsaturated/α-hetero) is 1. The number of para-hydroxylation sites is 1. The van der Waals surface area contributed by atoms with Gasteiger partial charge >= 0.3 is 5.97 Å². The molecule has 2 heterocycles. The Labute approximate surface area is 185 Å². The van der Waals surface area contributed by atoms with Crippen molar-refractivity contribution in [3.63, 3.8) is 0 Å². The summed E-state index contributed by atoms with van der Waals surface area (Å²) < 4.78 is 11.3. The maximum Gasteiger partial charge on any atom is 0.341 e. The maximum absolute atomic E-state index is 13.6. The van der Waals surface area contributed by atoms with Gasteiger partial charge in [-0.2, -0.15) is 0 Å². The number of hydrogen-bond acceptors (Lipinski definition) is 6. The molecule has 2 aliphatic rings. The van der Waals surface area contributed by atoms with Gasteiger partial charge in [0.1, 0.15) is 16.7 Å². The van der Waals surface area contributed by atoms with Crippen LogP contribution in [-0.2, 0) is 35.7 Å². The lowest BCUT2D eigenvalue weighted by atomic mass is 9.66. The van der Waals surface area contributed by atoms with Crippen molar-refractivity contribution in [2.75, 3.05) is 5.32 Å². The topological polar surface area (TPSA) is 108 Å². The number of allylic oxidation sites excluding steroid dienone is 1. The number of carbonyl (C=O) groups excluding carboxylic acids is 3. The van der Waals surface area contributed by atoms with Crippen LogP contribution in [0.3, 0.4) is 0 Å². The van der Waals surface area contributed by atoms with Crippen LogP contribution in [0.4, 0.5) is 5.69 Å². The number of carbonyl (C=O) groups is 3. The number of nitrogens with two attached hydrogens (primary N) is 1. The molecule has 0 saturated carbocycles. The molecule has 4 rings (SSSR count). The van der Waals surface area contributed by atoms with Crippen molar-refractivity contribution in [2.45, 2.75) is 38.7 Å². The molecule has 0 aliphatic carbocycles. The van der Waals surface area contributed by atoms with Gasteiger partial charge in [-0.15, -0.1) is 0 Å². The minimum absolute atomic E-state index is 0.0775. The zero-order valence-electron chi connectivity index (χ0n) is 18.1. The second-order valence-corrected chi connectivity index (χ2v) is 8.06. The Bertz CT molecular complexity index is 1180. The van der Waals surface area contributed by atoms with Crippen LogP contribution in [0.1, 0.15) is 31.9 Å². The molecule has 1 unspecified atom stereocenters. The highest BCUT2D eigenvalue weighted by Crippen LogP contribution is 2.52. The number of ketones is 1. The molecule has 2 aromatic rings. The van der Waals surface area contributed by atoms with Crippen LogP contribution in [0.15, 0.2) is 77.4 Å². The molecule has 2 aliphatic heterocycles. The number of fused-ring (bicyclic) bond motifs is 2. The third kappa shape index (κ3) is 3.26. The van der Waals surface area contributed by atoms with Crippen molar-refractivity contribution >= 4 is 23.3 Å². The van der Waals surface area contributed by atoms with E-state index in [-0.39, 0.29) is 29.2 Å². The number of anilines is 1. The van der Waals surface area contributed by atoms with E-state index in [9.17, 15) is 14.4 Å². The number of hydrogen-bond donors (Lipinski definition) is 2. The fourth-order valence-electron chi connectivity index (χ4n) is 4.40. The Hall–Kier alpha value is -3.87. The number of benzene rings is 2. The predicted molar refractivity (Wildman–Crippen MR) is 118 cm³/mol. The van der Waals surface area contributed by atoms with Crippen LogP contribution >= 0.6 is 0 Å². The van der Waals surface area contributed by atoms with Crippen molar-refractivity contribution in [1.29, 1.82) is 0 Å². The first kappa shape index (κ1) is 21.4. The highest BCUT2D eigenvalue weighted by molar-refractivity contribution is 6.22. The van der Waals surface area contributed by atoms with Crippen LogP contribution in [-0.4, -0.2) is 23.8 Å². The molecule has 2 aromatic carbocycles. The van der Waals surface area contributed by atoms with Gasteiger partial charge in [-0.3, -0.25) is 9.59 Å². The monoisotopic (exact) mass is 432 g/mol. The molecular weight excluding hydrogens is 408 g/mol. The Balaban J connectivity index is 2.02. The summed E-state index contributed by atoms with van der Waals surface area (Å²) in [5.41, 5.74) is 6.22. The van der Waals surface area contributed by atoms with E-state index in [1.165, 1.54) is 6.92 Å². The summed E-state index contributed by atoms with van der Waals surface area (Å²) >= 11 is 0. The van der Waals surface area contributed by atoms with Crippen LogP contribution in [0.2, 0.25) is 0 Å². The maximum atomic E-state index is 13.6. The molecule has 0 saturated heterocycles. The van der Waals surface area contributed by atoms with E-state index in [1.807, 2.05) is 30.3 Å². The molecule has 0 aromatic heterocycles. The first-order valence-corrected chi connectivity index (χ1v) is 10.3. The number of esters is 1. The lowest BCUT2D eigenvalue weighted by Gasteiger charge is -2.36. The summed E-state index contributed by atoms with van der Waals surface area (Å²) in [6.07, 6.45) is -0.241. The summed E-state index contributed by atoms with van der Waals surface area (Å²) in [4.78, 5) is 39.9. The van der Waals surface area contributed by atoms with E-state index in [2.05, 4.69) is 5.32 Å². The van der Waals surface area contributed by atoms with Gasteiger partial charge in [-0.05, 0) is 32.4 Å². The lowest BCUT2D eigenvalue weighted by molar-refractivity contribution is -0.144. The molecule has 0 fully saturated rings. The van der Waals surface area contributed by atoms with E-state index in [1.54, 1.807) is 38.1 Å². The van der Waals surface area contributed by atoms with Gasteiger partial charge in [0.05, 0.1) is 11.7 Å². The molecule has 3 N–H and O–H groups in total. The molecule has 32 heavy (non-hydrogen) atoms. The van der Waals surface area contributed by atoms with Crippen molar-refractivity contribution in [3.8, 4) is 0 Å². The van der Waals surface area contributed by atoms with Gasteiger partial charge in [0.15, 0.2) is 5.78 Å². The van der Waals surface area contributed by atoms with Crippen LogP contribution in [0.5, 0.6) is 0 Å². The number of rotatable bonds is 5. The first-order valence-electron chi connectivity index (χ1n) is 10.3. The van der Waals surface area contributed by atoms with Crippen molar-refractivity contribution in [2.24, 2.45) is 5.73 Å². The van der Waals surface area contributed by atoms with Gasteiger partial charge in [-0.1, -0.05) is 48.5 Å². The van der Waals surface area contributed by atoms with E-state index in [4.69, 9.17) is 15.2 Å². The SMILES string of the molecule is CC(=O)C1=C(Cc2ccccc2)OC(N)=C(C(=O)OC(C)C)C12C(=O)Nc1ccccc12. The van der Waals surface area contributed by atoms with E-state index >= 15 is 0 Å². The zero-order valence-corrected chi connectivity index (χ0v) is 18.1. The number of ether oxygens (including phenoxy) is 2. The van der Waals surface area contributed by atoms with Crippen molar-refractivity contribution < 1.29 is 23.9 Å². The van der Waals surface area contributed by atoms with Gasteiger partial charge in [-0.25, -0.2) is 4.79 Å². The molecular formula is C25H24N2O5. The third-order valence-electron chi connectivity index (χ3n) is 5.53. The van der Waals surface area contributed by atoms with Gasteiger partial charge in [0.25, 0.3) is 0 Å². The standard InChI is InChI=1S/C25H24N2O5/c1-14(2)31-23(29)21-22(26)32-19(13-16-9-5-4-6-10-16)20(15(3)28)25(21)17-11-7-8-12-18(17)27-24(25)30/h4-12,14H,13,26H2,1-3H3,(H,27,30). The minimum Gasteiger partial charge on any atom is -0.459 e. The summed E-state index contributed by atoms with van der Waals surface area (Å²) in [6, 6.07) is 16.3. The highest BCUT2D eigenvalue weighted by atomic mass is 16.5. The quantitative estimate of drug-likeness (QED) is 0.703. The second kappa shape index (κ2) is 8.00. The van der Waals surface area contributed by atoms with Crippen molar-refractivity contribution in [1.82, 2.24) is 0 Å². The summed E-state index contributed by atoms with van der Waals surface area (Å²) in [7, 11) is 0. The first-order chi connectivity index (χ1) is 15.3. The van der Waals surface area contributed by atoms with E-state index < -0.39 is 29.2 Å². The van der Waals surface area contributed by atoms with Gasteiger partial charge < -0.3 is 20.5 Å². The molecule has 7 nitrogen and oxygen atoms in total. The Morgan fingerprint density at radius 3 is 2.38 bits per heavy atom. The molecule has 164 valence electrons. The molecule has 1 atom stereocenters. The van der Waals surface area contributed by atoms with Crippen LogP contribution in [0, 0.1) is 0 Å². The van der Waals surface area contributed by atoms with Crippen LogP contribution in [0.25, 0.3) is 0 Å². The molecule has 7 heteroatoms. The molecule has 0 bridgehead atoms. The molecule has 1 spiro atoms. The Morgan fingerprint density at radius 2 is 1.72 bits per heavy atom. The summed E-state index contributed by atoms with van der Waals surface area (Å²) in [5.74, 6) is -1.77. The fraction of sp³-hybridized carbons (Fsp3) is 0.240. The third-order valence-corrected chi connectivity index (χ3v) is 5.53. The van der Waals surface area contributed by atoms with Crippen molar-refractivity contribution in [3.05, 3.63) is 88.5 Å². The minimum atomic E-state index is -1.76. The van der Waals surface area contributed by atoms with E-state index in [0.717, 1.165) is 5.56 Å². The smallest absolute Gasteiger partial charge is 0.341 e. The molecule has 0 radical (unpaired) electrons. The Morgan fingerprint density at radius 1 is 1.06 bits per heavy atom. The Kier molecular flexibility index (Phi) is 5.34. The second-order valence-electron chi connectivity index (χ2n) is 8.06. The molecule has 1 amide bonds.